The first-order valence-corrected chi connectivity index (χ1v) is 7.51. The van der Waals surface area contributed by atoms with Crippen LogP contribution in [0.15, 0.2) is 37.1 Å². The van der Waals surface area contributed by atoms with Crippen LogP contribution in [0.4, 0.5) is 5.95 Å². The fourth-order valence-electron chi connectivity index (χ4n) is 3.15. The molecule has 1 aliphatic heterocycles. The molecule has 4 nitrogen and oxygen atoms in total. The zero-order valence-corrected chi connectivity index (χ0v) is 12.2. The lowest BCUT2D eigenvalue weighted by Crippen LogP contribution is -2.35. The van der Waals surface area contributed by atoms with Crippen LogP contribution in [0.5, 0.6) is 0 Å². The van der Waals surface area contributed by atoms with Crippen LogP contribution in [0.1, 0.15) is 43.4 Å². The number of aromatic nitrogens is 2. The van der Waals surface area contributed by atoms with E-state index in [9.17, 15) is 0 Å². The van der Waals surface area contributed by atoms with Gasteiger partial charge in [-0.3, -0.25) is 0 Å². The van der Waals surface area contributed by atoms with Crippen molar-refractivity contribution in [2.75, 3.05) is 12.3 Å². The predicted molar refractivity (Wildman–Crippen MR) is 84.5 cm³/mol. The zero-order chi connectivity index (χ0) is 14.7. The molecule has 1 fully saturated rings. The van der Waals surface area contributed by atoms with Crippen LogP contribution in [0.3, 0.4) is 0 Å². The first-order chi connectivity index (χ1) is 10.2. The van der Waals surface area contributed by atoms with Crippen molar-refractivity contribution >= 4 is 11.5 Å². The Hall–Kier alpha value is -1.94. The minimum atomic E-state index is -0.358. The molecule has 0 radical (unpaired) electrons. The van der Waals surface area contributed by atoms with Gasteiger partial charge in [-0.05, 0) is 18.4 Å². The average Bonchev–Trinajstić information content (AvgIpc) is 2.51. The van der Waals surface area contributed by atoms with Crippen molar-refractivity contribution in [1.82, 2.24) is 9.97 Å². The largest absolute Gasteiger partial charge is 0.368 e. The summed E-state index contributed by atoms with van der Waals surface area (Å²) in [6.07, 6.45) is 15.2. The molecule has 0 saturated heterocycles. The summed E-state index contributed by atoms with van der Waals surface area (Å²) in [5.74, 6) is 0.298. The summed E-state index contributed by atoms with van der Waals surface area (Å²) in [6.45, 7) is 4.72. The predicted octanol–water partition coefficient (Wildman–Crippen LogP) is 3.37. The van der Waals surface area contributed by atoms with Crippen molar-refractivity contribution in [3.8, 4) is 0 Å². The summed E-state index contributed by atoms with van der Waals surface area (Å²) in [6, 6.07) is 0. The molecule has 1 aromatic heterocycles. The first kappa shape index (κ1) is 14.0. The number of hydrogen-bond donors (Lipinski definition) is 1. The molecule has 2 N–H and O–H groups in total. The van der Waals surface area contributed by atoms with Gasteiger partial charge in [0.25, 0.3) is 0 Å². The van der Waals surface area contributed by atoms with Crippen molar-refractivity contribution in [2.24, 2.45) is 0 Å². The molecule has 110 valence electrons. The Kier molecular flexibility index (Phi) is 3.88. The van der Waals surface area contributed by atoms with Crippen molar-refractivity contribution in [2.45, 2.75) is 37.7 Å². The van der Waals surface area contributed by atoms with Gasteiger partial charge in [-0.2, -0.15) is 0 Å². The number of anilines is 1. The average molecular weight is 283 g/mol. The minimum Gasteiger partial charge on any atom is -0.368 e. The summed E-state index contributed by atoms with van der Waals surface area (Å²) in [4.78, 5) is 8.68. The summed E-state index contributed by atoms with van der Waals surface area (Å²) >= 11 is 0. The molecule has 1 saturated carbocycles. The highest BCUT2D eigenvalue weighted by Crippen LogP contribution is 2.42. The van der Waals surface area contributed by atoms with Crippen LogP contribution in [0.25, 0.3) is 5.57 Å². The summed E-state index contributed by atoms with van der Waals surface area (Å²) in [5, 5.41) is 0. The van der Waals surface area contributed by atoms with Crippen molar-refractivity contribution in [3.63, 3.8) is 0 Å². The number of nitrogens with zero attached hydrogens (tertiary/aromatic N) is 2. The normalized spacial score (nSPS) is 24.3. The lowest BCUT2D eigenvalue weighted by molar-refractivity contribution is -0.0665. The van der Waals surface area contributed by atoms with E-state index in [4.69, 9.17) is 10.5 Å². The van der Waals surface area contributed by atoms with Crippen LogP contribution in [-0.4, -0.2) is 16.6 Å². The Labute approximate surface area is 125 Å². The second-order valence-corrected chi connectivity index (χ2v) is 5.67. The zero-order valence-electron chi connectivity index (χ0n) is 12.2. The molecule has 0 bridgehead atoms. The van der Waals surface area contributed by atoms with E-state index in [1.54, 1.807) is 6.20 Å². The second-order valence-electron chi connectivity index (χ2n) is 5.67. The van der Waals surface area contributed by atoms with Gasteiger partial charge in [-0.25, -0.2) is 9.97 Å². The van der Waals surface area contributed by atoms with E-state index >= 15 is 0 Å². The second kappa shape index (κ2) is 5.82. The molecule has 0 aromatic carbocycles. The molecular formula is C17H21N3O. The Bertz CT molecular complexity index is 598. The van der Waals surface area contributed by atoms with E-state index in [2.05, 4.69) is 16.5 Å². The topological polar surface area (TPSA) is 61.0 Å². The van der Waals surface area contributed by atoms with Gasteiger partial charge in [0, 0.05) is 11.8 Å². The maximum absolute atomic E-state index is 6.27. The fourth-order valence-corrected chi connectivity index (χ4v) is 3.15. The number of nitrogens with two attached hydrogens (primary N) is 1. The molecule has 0 unspecified atom stereocenters. The third kappa shape index (κ3) is 2.76. The summed E-state index contributed by atoms with van der Waals surface area (Å²) in [5.41, 5.74) is 8.22. The van der Waals surface area contributed by atoms with Gasteiger partial charge in [-0.1, -0.05) is 50.1 Å². The van der Waals surface area contributed by atoms with E-state index in [1.807, 2.05) is 24.3 Å². The molecule has 1 aromatic rings. The van der Waals surface area contributed by atoms with Gasteiger partial charge in [0.2, 0.25) is 5.95 Å². The number of fused-ring (bicyclic) bond motifs is 2. The van der Waals surface area contributed by atoms with Crippen LogP contribution >= 0.6 is 0 Å². The maximum atomic E-state index is 6.27. The molecule has 21 heavy (non-hydrogen) atoms. The number of hydrogen-bond acceptors (Lipinski definition) is 4. The molecule has 0 atom stereocenters. The Balaban J connectivity index is 2.15. The summed E-state index contributed by atoms with van der Waals surface area (Å²) < 4.78 is 6.27. The lowest BCUT2D eigenvalue weighted by atomic mass is 9.79. The van der Waals surface area contributed by atoms with Crippen LogP contribution in [-0.2, 0) is 10.3 Å². The number of allylic oxidation sites excluding steroid dienone is 4. The number of rotatable bonds is 0. The van der Waals surface area contributed by atoms with Gasteiger partial charge in [-0.15, -0.1) is 0 Å². The molecule has 2 heterocycles. The van der Waals surface area contributed by atoms with Crippen molar-refractivity contribution < 1.29 is 4.74 Å². The fraction of sp³-hybridized carbons (Fsp3) is 0.412. The smallest absolute Gasteiger partial charge is 0.220 e. The maximum Gasteiger partial charge on any atom is 0.220 e. The van der Waals surface area contributed by atoms with Crippen LogP contribution < -0.4 is 5.73 Å². The van der Waals surface area contributed by atoms with Crippen LogP contribution in [0.2, 0.25) is 0 Å². The molecule has 4 heteroatoms. The highest BCUT2D eigenvalue weighted by molar-refractivity contribution is 5.74. The van der Waals surface area contributed by atoms with E-state index in [0.717, 1.165) is 42.5 Å². The third-order valence-corrected chi connectivity index (χ3v) is 4.25. The van der Waals surface area contributed by atoms with Crippen LogP contribution in [0, 0.1) is 0 Å². The SMILES string of the molecule is C=C1/C=C\C=C/COC2(CCCCC2)c2nc(N)ncc21. The van der Waals surface area contributed by atoms with Crippen molar-refractivity contribution in [1.29, 1.82) is 0 Å². The Morgan fingerprint density at radius 2 is 2.00 bits per heavy atom. The quantitative estimate of drug-likeness (QED) is 0.793. The lowest BCUT2D eigenvalue weighted by Gasteiger charge is -2.37. The van der Waals surface area contributed by atoms with Gasteiger partial charge in [0.15, 0.2) is 0 Å². The van der Waals surface area contributed by atoms with Gasteiger partial charge in [0.1, 0.15) is 5.60 Å². The third-order valence-electron chi connectivity index (χ3n) is 4.25. The van der Waals surface area contributed by atoms with E-state index in [1.165, 1.54) is 6.42 Å². The Morgan fingerprint density at radius 1 is 1.19 bits per heavy atom. The molecule has 0 amide bonds. The Morgan fingerprint density at radius 3 is 2.81 bits per heavy atom. The summed E-state index contributed by atoms with van der Waals surface area (Å²) in [7, 11) is 0. The van der Waals surface area contributed by atoms with Gasteiger partial charge >= 0.3 is 0 Å². The molecular weight excluding hydrogens is 262 g/mol. The monoisotopic (exact) mass is 283 g/mol. The molecule has 1 spiro atoms. The molecule has 3 rings (SSSR count). The standard InChI is InChI=1S/C17H21N3O/c1-13-8-4-2-7-11-21-17(9-5-3-6-10-17)15-14(13)12-19-16(18)20-15/h2,4,7-8,12H,1,3,5-6,9-11H2,(H2,18,19,20)/b7-2-,8-4-. The molecule has 1 aliphatic carbocycles. The van der Waals surface area contributed by atoms with E-state index in [0.29, 0.717) is 12.6 Å². The van der Waals surface area contributed by atoms with E-state index < -0.39 is 0 Å². The number of nitrogen functional groups attached to an aromatic ring is 1. The van der Waals surface area contributed by atoms with E-state index in [-0.39, 0.29) is 5.60 Å². The number of ether oxygens (including phenoxy) is 1. The van der Waals surface area contributed by atoms with Gasteiger partial charge in [0.05, 0.1) is 12.3 Å². The van der Waals surface area contributed by atoms with Gasteiger partial charge < -0.3 is 10.5 Å². The first-order valence-electron chi connectivity index (χ1n) is 7.51. The molecule has 2 aliphatic rings. The highest BCUT2D eigenvalue weighted by atomic mass is 16.5. The van der Waals surface area contributed by atoms with Crippen molar-refractivity contribution in [3.05, 3.63) is 48.3 Å². The minimum absolute atomic E-state index is 0.298. The highest BCUT2D eigenvalue weighted by Gasteiger charge is 2.38.